The van der Waals surface area contributed by atoms with Gasteiger partial charge in [0.25, 0.3) is 0 Å². The number of aliphatic carboxylic acids is 1. The van der Waals surface area contributed by atoms with Gasteiger partial charge >= 0.3 is 5.97 Å². The van der Waals surface area contributed by atoms with Crippen molar-refractivity contribution in [1.29, 1.82) is 0 Å². The molecule has 0 radical (unpaired) electrons. The number of aromatic nitrogens is 2. The van der Waals surface area contributed by atoms with Gasteiger partial charge in [-0.05, 0) is 29.3 Å². The molecule has 0 saturated carbocycles. The van der Waals surface area contributed by atoms with Crippen molar-refractivity contribution >= 4 is 21.9 Å². The number of carboxylic acids is 1. The second-order valence-corrected chi connectivity index (χ2v) is 3.62. The van der Waals surface area contributed by atoms with Gasteiger partial charge in [-0.3, -0.25) is 9.48 Å². The van der Waals surface area contributed by atoms with Crippen molar-refractivity contribution in [1.82, 2.24) is 9.78 Å². The molecule has 0 saturated heterocycles. The molecule has 5 heteroatoms. The monoisotopic (exact) mass is 246 g/mol. The summed E-state index contributed by atoms with van der Waals surface area (Å²) in [6, 6.07) is 0. The fourth-order valence-corrected chi connectivity index (χ4v) is 1.75. The average molecular weight is 247 g/mol. The van der Waals surface area contributed by atoms with Crippen molar-refractivity contribution in [2.24, 2.45) is 7.05 Å². The van der Waals surface area contributed by atoms with Crippen LogP contribution in [0, 0.1) is 6.92 Å². The fraction of sp³-hybridized carbons (Fsp3) is 0.500. The number of carbonyl (C=O) groups is 1. The molecule has 1 aromatic heterocycles. The van der Waals surface area contributed by atoms with Crippen LogP contribution in [-0.4, -0.2) is 20.9 Å². The molecule has 0 unspecified atom stereocenters. The Bertz CT molecular complexity index is 333. The van der Waals surface area contributed by atoms with Crippen LogP contribution in [0.5, 0.6) is 0 Å². The standard InChI is InChI=1S/C8H11BrN2O2/c1-5-6(3-4-7(12)13)8(9)11(2)10-5/h3-4H2,1-2H3,(H,12,13). The number of halogens is 1. The van der Waals surface area contributed by atoms with Crippen LogP contribution in [0.4, 0.5) is 0 Å². The highest BCUT2D eigenvalue weighted by Crippen LogP contribution is 2.20. The first-order valence-corrected chi connectivity index (χ1v) is 4.71. The smallest absolute Gasteiger partial charge is 0.303 e. The Morgan fingerprint density at radius 3 is 2.69 bits per heavy atom. The third kappa shape index (κ3) is 2.30. The van der Waals surface area contributed by atoms with Crippen molar-refractivity contribution in [2.75, 3.05) is 0 Å². The van der Waals surface area contributed by atoms with E-state index in [1.165, 1.54) is 0 Å². The summed E-state index contributed by atoms with van der Waals surface area (Å²) in [7, 11) is 1.82. The van der Waals surface area contributed by atoms with Gasteiger partial charge in [-0.1, -0.05) is 0 Å². The van der Waals surface area contributed by atoms with E-state index in [0.717, 1.165) is 15.9 Å². The van der Waals surface area contributed by atoms with Crippen LogP contribution < -0.4 is 0 Å². The predicted octanol–water partition coefficient (Wildman–Crippen LogP) is 1.51. The van der Waals surface area contributed by atoms with E-state index in [-0.39, 0.29) is 6.42 Å². The van der Waals surface area contributed by atoms with Gasteiger partial charge in [-0.2, -0.15) is 5.10 Å². The Morgan fingerprint density at radius 1 is 1.69 bits per heavy atom. The van der Waals surface area contributed by atoms with E-state index < -0.39 is 5.97 Å². The van der Waals surface area contributed by atoms with Gasteiger partial charge in [-0.25, -0.2) is 0 Å². The molecule has 0 fully saturated rings. The molecule has 1 aromatic rings. The largest absolute Gasteiger partial charge is 0.481 e. The molecule has 0 spiro atoms. The topological polar surface area (TPSA) is 55.1 Å². The predicted molar refractivity (Wildman–Crippen MR) is 51.6 cm³/mol. The van der Waals surface area contributed by atoms with E-state index in [0.29, 0.717) is 6.42 Å². The lowest BCUT2D eigenvalue weighted by Crippen LogP contribution is -1.98. The lowest BCUT2D eigenvalue weighted by molar-refractivity contribution is -0.136. The quantitative estimate of drug-likeness (QED) is 0.880. The number of hydrogen-bond donors (Lipinski definition) is 1. The Hall–Kier alpha value is -0.840. The number of hydrogen-bond acceptors (Lipinski definition) is 2. The van der Waals surface area contributed by atoms with E-state index >= 15 is 0 Å². The number of rotatable bonds is 3. The molecule has 0 amide bonds. The van der Waals surface area contributed by atoms with Crippen LogP contribution in [0.2, 0.25) is 0 Å². The first-order chi connectivity index (χ1) is 6.02. The molecule has 0 aliphatic heterocycles. The van der Waals surface area contributed by atoms with Crippen LogP contribution in [0.25, 0.3) is 0 Å². The molecule has 1 rings (SSSR count). The maximum Gasteiger partial charge on any atom is 0.303 e. The first kappa shape index (κ1) is 10.2. The van der Waals surface area contributed by atoms with Gasteiger partial charge in [0.05, 0.1) is 5.69 Å². The van der Waals surface area contributed by atoms with E-state index in [4.69, 9.17) is 5.11 Å². The highest BCUT2D eigenvalue weighted by Gasteiger charge is 2.11. The van der Waals surface area contributed by atoms with Crippen molar-refractivity contribution in [2.45, 2.75) is 19.8 Å². The van der Waals surface area contributed by atoms with E-state index in [1.54, 1.807) is 4.68 Å². The summed E-state index contributed by atoms with van der Waals surface area (Å²) in [5, 5.41) is 12.7. The summed E-state index contributed by atoms with van der Waals surface area (Å²) in [5.74, 6) is -0.782. The van der Waals surface area contributed by atoms with Crippen molar-refractivity contribution in [3.8, 4) is 0 Å². The molecule has 0 bridgehead atoms. The third-order valence-corrected chi connectivity index (χ3v) is 2.85. The molecule has 0 aromatic carbocycles. The summed E-state index contributed by atoms with van der Waals surface area (Å²) in [6.07, 6.45) is 0.667. The first-order valence-electron chi connectivity index (χ1n) is 3.92. The summed E-state index contributed by atoms with van der Waals surface area (Å²) in [5.41, 5.74) is 1.86. The van der Waals surface area contributed by atoms with Crippen molar-refractivity contribution in [3.05, 3.63) is 15.9 Å². The Balaban J connectivity index is 2.81. The minimum absolute atomic E-state index is 0.144. The maximum atomic E-state index is 10.4. The van der Waals surface area contributed by atoms with Crippen molar-refractivity contribution in [3.63, 3.8) is 0 Å². The molecule has 0 aliphatic carbocycles. The molecular weight excluding hydrogens is 236 g/mol. The van der Waals surface area contributed by atoms with Gasteiger partial charge < -0.3 is 5.11 Å². The van der Waals surface area contributed by atoms with Crippen LogP contribution in [-0.2, 0) is 18.3 Å². The van der Waals surface area contributed by atoms with Crippen LogP contribution >= 0.6 is 15.9 Å². The highest BCUT2D eigenvalue weighted by atomic mass is 79.9. The molecule has 4 nitrogen and oxygen atoms in total. The average Bonchev–Trinajstić information content (AvgIpc) is 2.24. The van der Waals surface area contributed by atoms with Gasteiger partial charge in [-0.15, -0.1) is 0 Å². The summed E-state index contributed by atoms with van der Waals surface area (Å²) >= 11 is 3.36. The van der Waals surface area contributed by atoms with Gasteiger partial charge in [0.2, 0.25) is 0 Å². The molecule has 72 valence electrons. The molecule has 0 atom stereocenters. The Kier molecular flexibility index (Phi) is 3.08. The van der Waals surface area contributed by atoms with E-state index in [9.17, 15) is 4.79 Å². The highest BCUT2D eigenvalue weighted by molar-refractivity contribution is 9.10. The van der Waals surface area contributed by atoms with Crippen molar-refractivity contribution < 1.29 is 9.90 Å². The Morgan fingerprint density at radius 2 is 2.31 bits per heavy atom. The number of nitrogens with zero attached hydrogens (tertiary/aromatic N) is 2. The summed E-state index contributed by atoms with van der Waals surface area (Å²) in [6.45, 7) is 1.88. The maximum absolute atomic E-state index is 10.4. The lowest BCUT2D eigenvalue weighted by atomic mass is 10.1. The van der Waals surface area contributed by atoms with E-state index in [2.05, 4.69) is 21.0 Å². The van der Waals surface area contributed by atoms with Gasteiger partial charge in [0, 0.05) is 19.0 Å². The molecular formula is C8H11BrN2O2. The van der Waals surface area contributed by atoms with Gasteiger partial charge in [0.15, 0.2) is 0 Å². The lowest BCUT2D eigenvalue weighted by Gasteiger charge is -1.96. The normalized spacial score (nSPS) is 10.4. The van der Waals surface area contributed by atoms with Crippen LogP contribution in [0.1, 0.15) is 17.7 Å². The minimum Gasteiger partial charge on any atom is -0.481 e. The van der Waals surface area contributed by atoms with Gasteiger partial charge in [0.1, 0.15) is 4.60 Å². The molecule has 0 aliphatic rings. The third-order valence-electron chi connectivity index (χ3n) is 1.86. The zero-order valence-corrected chi connectivity index (χ0v) is 9.13. The van der Waals surface area contributed by atoms with Crippen LogP contribution in [0.15, 0.2) is 4.60 Å². The Labute approximate surface area is 84.7 Å². The SMILES string of the molecule is Cc1nn(C)c(Br)c1CCC(=O)O. The fourth-order valence-electron chi connectivity index (χ4n) is 1.19. The second kappa shape index (κ2) is 3.91. The number of carboxylic acid groups (broad SMARTS) is 1. The zero-order valence-electron chi connectivity index (χ0n) is 7.54. The number of aryl methyl sites for hydroxylation is 2. The second-order valence-electron chi connectivity index (χ2n) is 2.87. The van der Waals surface area contributed by atoms with E-state index in [1.807, 2.05) is 14.0 Å². The molecule has 1 heterocycles. The van der Waals surface area contributed by atoms with Crippen LogP contribution in [0.3, 0.4) is 0 Å². The summed E-state index contributed by atoms with van der Waals surface area (Å²) in [4.78, 5) is 10.4. The summed E-state index contributed by atoms with van der Waals surface area (Å²) < 4.78 is 2.57. The minimum atomic E-state index is -0.782. The zero-order chi connectivity index (χ0) is 10.0. The molecule has 1 N–H and O–H groups in total. The molecule has 13 heavy (non-hydrogen) atoms.